The van der Waals surface area contributed by atoms with Gasteiger partial charge in [0.05, 0.1) is 4.90 Å². The fourth-order valence-electron chi connectivity index (χ4n) is 2.32. The highest BCUT2D eigenvalue weighted by molar-refractivity contribution is 7.89. The number of primary sulfonamides is 1. The first-order chi connectivity index (χ1) is 9.52. The van der Waals surface area contributed by atoms with Crippen molar-refractivity contribution in [2.45, 2.75) is 44.0 Å². The van der Waals surface area contributed by atoms with Gasteiger partial charge in [0, 0.05) is 16.1 Å². The van der Waals surface area contributed by atoms with Crippen LogP contribution in [0, 0.1) is 12.8 Å². The smallest absolute Gasteiger partial charge is 0.252 e. The zero-order chi connectivity index (χ0) is 16.0. The van der Waals surface area contributed by atoms with Crippen LogP contribution >= 0.6 is 11.6 Å². The normalized spacial score (nSPS) is 15.9. The van der Waals surface area contributed by atoms with Gasteiger partial charge in [0.2, 0.25) is 10.0 Å². The monoisotopic (exact) mass is 330 g/mol. The zero-order valence-corrected chi connectivity index (χ0v) is 13.8. The van der Waals surface area contributed by atoms with Crippen molar-refractivity contribution in [3.05, 3.63) is 28.3 Å². The van der Waals surface area contributed by atoms with Crippen LogP contribution in [-0.4, -0.2) is 19.9 Å². The topological polar surface area (TPSA) is 89.3 Å². The Labute approximate surface area is 129 Å². The molecule has 0 heterocycles. The molecule has 0 aliphatic heterocycles. The largest absolute Gasteiger partial charge is 0.347 e. The molecule has 0 aromatic heterocycles. The highest BCUT2D eigenvalue weighted by Crippen LogP contribution is 2.39. The molecule has 116 valence electrons. The van der Waals surface area contributed by atoms with Crippen molar-refractivity contribution in [2.75, 3.05) is 0 Å². The van der Waals surface area contributed by atoms with E-state index in [1.807, 2.05) is 13.8 Å². The maximum atomic E-state index is 12.4. The minimum absolute atomic E-state index is 0.160. The third-order valence-corrected chi connectivity index (χ3v) is 5.21. The van der Waals surface area contributed by atoms with Crippen molar-refractivity contribution in [1.29, 1.82) is 0 Å². The molecule has 1 aromatic carbocycles. The molecular weight excluding hydrogens is 312 g/mol. The molecule has 3 N–H and O–H groups in total. The second-order valence-corrected chi connectivity index (χ2v) is 8.04. The fraction of sp³-hybridized carbons (Fsp3) is 0.500. The Balaban J connectivity index is 2.38. The van der Waals surface area contributed by atoms with Crippen molar-refractivity contribution >= 4 is 27.5 Å². The van der Waals surface area contributed by atoms with Gasteiger partial charge in [-0.2, -0.15) is 0 Å². The quantitative estimate of drug-likeness (QED) is 0.887. The van der Waals surface area contributed by atoms with Crippen LogP contribution in [0.4, 0.5) is 0 Å². The lowest BCUT2D eigenvalue weighted by molar-refractivity contribution is 0.0902. The van der Waals surface area contributed by atoms with E-state index in [9.17, 15) is 13.2 Å². The number of hydrogen-bond donors (Lipinski definition) is 2. The van der Waals surface area contributed by atoms with Gasteiger partial charge >= 0.3 is 0 Å². The second-order valence-electron chi connectivity index (χ2n) is 6.07. The summed E-state index contributed by atoms with van der Waals surface area (Å²) in [5.74, 6) is 0.121. The summed E-state index contributed by atoms with van der Waals surface area (Å²) in [5.41, 5.74) is 0.446. The lowest BCUT2D eigenvalue weighted by Gasteiger charge is -2.26. The summed E-state index contributed by atoms with van der Waals surface area (Å²) >= 11 is 6.02. The van der Waals surface area contributed by atoms with E-state index in [0.29, 0.717) is 11.5 Å². The van der Waals surface area contributed by atoms with E-state index in [1.54, 1.807) is 6.92 Å². The van der Waals surface area contributed by atoms with Gasteiger partial charge in [-0.25, -0.2) is 13.6 Å². The number of nitrogens with one attached hydrogen (secondary N) is 1. The lowest BCUT2D eigenvalue weighted by atomic mass is 9.97. The van der Waals surface area contributed by atoms with E-state index in [2.05, 4.69) is 5.32 Å². The number of carbonyl (C=O) groups is 1. The van der Waals surface area contributed by atoms with Crippen molar-refractivity contribution in [1.82, 2.24) is 5.32 Å². The maximum Gasteiger partial charge on any atom is 0.252 e. The van der Waals surface area contributed by atoms with Gasteiger partial charge in [0.25, 0.3) is 5.91 Å². The number of amides is 1. The highest BCUT2D eigenvalue weighted by Gasteiger charge is 2.39. The van der Waals surface area contributed by atoms with E-state index in [0.717, 1.165) is 12.8 Å². The minimum Gasteiger partial charge on any atom is -0.347 e. The summed E-state index contributed by atoms with van der Waals surface area (Å²) in [6, 6.07) is 2.53. The fourth-order valence-corrected chi connectivity index (χ4v) is 3.17. The number of nitrogens with two attached hydrogens (primary N) is 1. The van der Waals surface area contributed by atoms with E-state index in [-0.39, 0.29) is 26.9 Å². The molecule has 5 nitrogen and oxygen atoms in total. The third-order valence-electron chi connectivity index (χ3n) is 3.92. The summed E-state index contributed by atoms with van der Waals surface area (Å²) in [6.07, 6.45) is 2.18. The summed E-state index contributed by atoms with van der Waals surface area (Å²) in [7, 11) is -3.91. The first-order valence-corrected chi connectivity index (χ1v) is 8.60. The molecule has 21 heavy (non-hydrogen) atoms. The Kier molecular flexibility index (Phi) is 4.08. The average molecular weight is 331 g/mol. The lowest BCUT2D eigenvalue weighted by Crippen LogP contribution is -2.45. The van der Waals surface area contributed by atoms with Gasteiger partial charge in [0.15, 0.2) is 0 Å². The van der Waals surface area contributed by atoms with Crippen LogP contribution in [0.5, 0.6) is 0 Å². The molecule has 0 radical (unpaired) electrons. The van der Waals surface area contributed by atoms with Crippen LogP contribution in [0.3, 0.4) is 0 Å². The molecule has 0 saturated heterocycles. The standard InChI is InChI=1S/C14H19ClN2O3S/c1-8-11(6-10(7-12(8)15)21(16,19)20)13(18)17-14(2,3)9-4-5-9/h6-7,9H,4-5H2,1-3H3,(H,17,18)(H2,16,19,20). The van der Waals surface area contributed by atoms with Crippen LogP contribution in [0.25, 0.3) is 0 Å². The Bertz CT molecular complexity index is 694. The van der Waals surface area contributed by atoms with Crippen molar-refractivity contribution in [3.8, 4) is 0 Å². The van der Waals surface area contributed by atoms with Crippen LogP contribution in [-0.2, 0) is 10.0 Å². The molecule has 2 rings (SSSR count). The predicted octanol–water partition coefficient (Wildman–Crippen LogP) is 2.21. The van der Waals surface area contributed by atoms with E-state index < -0.39 is 10.0 Å². The van der Waals surface area contributed by atoms with Gasteiger partial charge in [-0.05, 0) is 57.2 Å². The molecule has 1 aliphatic carbocycles. The van der Waals surface area contributed by atoms with Gasteiger partial charge in [0.1, 0.15) is 0 Å². The summed E-state index contributed by atoms with van der Waals surface area (Å²) in [6.45, 7) is 5.60. The minimum atomic E-state index is -3.91. The average Bonchev–Trinajstić information content (AvgIpc) is 3.14. The highest BCUT2D eigenvalue weighted by atomic mass is 35.5. The third kappa shape index (κ3) is 3.56. The Morgan fingerprint density at radius 2 is 1.95 bits per heavy atom. The van der Waals surface area contributed by atoms with E-state index in [4.69, 9.17) is 16.7 Å². The number of sulfonamides is 1. The molecular formula is C14H19ClN2O3S. The molecule has 1 amide bonds. The number of benzene rings is 1. The predicted molar refractivity (Wildman–Crippen MR) is 81.8 cm³/mol. The van der Waals surface area contributed by atoms with Gasteiger partial charge in [-0.1, -0.05) is 11.6 Å². The number of halogens is 1. The molecule has 0 spiro atoms. The molecule has 0 unspecified atom stereocenters. The Hall–Kier alpha value is -1.11. The van der Waals surface area contributed by atoms with E-state index in [1.165, 1.54) is 12.1 Å². The number of carbonyl (C=O) groups excluding carboxylic acids is 1. The molecule has 1 aliphatic rings. The maximum absolute atomic E-state index is 12.4. The molecule has 0 atom stereocenters. The molecule has 1 fully saturated rings. The molecule has 0 bridgehead atoms. The Morgan fingerprint density at radius 3 is 2.43 bits per heavy atom. The van der Waals surface area contributed by atoms with Crippen LogP contribution in [0.15, 0.2) is 17.0 Å². The van der Waals surface area contributed by atoms with Crippen molar-refractivity contribution in [2.24, 2.45) is 11.1 Å². The van der Waals surface area contributed by atoms with Crippen LogP contribution < -0.4 is 10.5 Å². The van der Waals surface area contributed by atoms with Gasteiger partial charge < -0.3 is 5.32 Å². The summed E-state index contributed by atoms with van der Waals surface area (Å²) < 4.78 is 22.9. The second kappa shape index (κ2) is 5.26. The molecule has 1 aromatic rings. The Morgan fingerprint density at radius 1 is 1.38 bits per heavy atom. The first kappa shape index (κ1) is 16.3. The molecule has 1 saturated carbocycles. The number of rotatable bonds is 4. The first-order valence-electron chi connectivity index (χ1n) is 6.68. The number of hydrogen-bond acceptors (Lipinski definition) is 3. The van der Waals surface area contributed by atoms with Crippen molar-refractivity contribution < 1.29 is 13.2 Å². The summed E-state index contributed by atoms with van der Waals surface area (Å²) in [5, 5.41) is 8.26. The van der Waals surface area contributed by atoms with Crippen LogP contribution in [0.2, 0.25) is 5.02 Å². The van der Waals surface area contributed by atoms with Gasteiger partial charge in [-0.3, -0.25) is 4.79 Å². The van der Waals surface area contributed by atoms with E-state index >= 15 is 0 Å². The summed E-state index contributed by atoms with van der Waals surface area (Å²) in [4.78, 5) is 12.3. The van der Waals surface area contributed by atoms with Gasteiger partial charge in [-0.15, -0.1) is 0 Å². The zero-order valence-electron chi connectivity index (χ0n) is 12.2. The molecule has 7 heteroatoms. The van der Waals surface area contributed by atoms with Crippen molar-refractivity contribution in [3.63, 3.8) is 0 Å². The van der Waals surface area contributed by atoms with Crippen LogP contribution in [0.1, 0.15) is 42.6 Å². The SMILES string of the molecule is Cc1c(Cl)cc(S(N)(=O)=O)cc1C(=O)NC(C)(C)C1CC1.